The summed E-state index contributed by atoms with van der Waals surface area (Å²) >= 11 is 0. The van der Waals surface area contributed by atoms with Gasteiger partial charge in [0.2, 0.25) is 0 Å². The maximum atomic E-state index is 6.02. The summed E-state index contributed by atoms with van der Waals surface area (Å²) in [6, 6.07) is 0. The van der Waals surface area contributed by atoms with Crippen molar-refractivity contribution < 1.29 is 0 Å². The highest BCUT2D eigenvalue weighted by Crippen LogP contribution is 2.30. The molecule has 0 aromatic carbocycles. The molecule has 5 N–H and O–H groups in total. The third-order valence-electron chi connectivity index (χ3n) is 2.73. The van der Waals surface area contributed by atoms with Gasteiger partial charge >= 0.3 is 0 Å². The van der Waals surface area contributed by atoms with Gasteiger partial charge in [0.05, 0.1) is 0 Å². The van der Waals surface area contributed by atoms with Gasteiger partial charge in [-0.3, -0.25) is 0 Å². The number of nitrogens with two attached hydrogens (primary N) is 1. The summed E-state index contributed by atoms with van der Waals surface area (Å²) in [4.78, 5) is 0. The molecule has 3 heteroatoms. The minimum Gasteiger partial charge on any atom is -0.344 e. The highest BCUT2D eigenvalue weighted by molar-refractivity contribution is 5.85. The molecule has 1 aliphatic carbocycles. The first kappa shape index (κ1) is 13.8. The molecule has 0 aromatic rings. The normalized spacial score (nSPS) is 36.8. The lowest BCUT2D eigenvalue weighted by molar-refractivity contribution is 0.226. The van der Waals surface area contributed by atoms with Gasteiger partial charge in [-0.2, -0.15) is 0 Å². The lowest BCUT2D eigenvalue weighted by Crippen LogP contribution is -2.44. The van der Waals surface area contributed by atoms with Crippen LogP contribution in [0.3, 0.4) is 0 Å². The van der Waals surface area contributed by atoms with Gasteiger partial charge in [0.25, 0.3) is 0 Å². The van der Waals surface area contributed by atoms with E-state index >= 15 is 0 Å². The van der Waals surface area contributed by atoms with Gasteiger partial charge in [-0.1, -0.05) is 19.8 Å². The van der Waals surface area contributed by atoms with Crippen molar-refractivity contribution in [1.29, 1.82) is 0 Å². The average molecular weight is 181 g/mol. The van der Waals surface area contributed by atoms with E-state index in [0.29, 0.717) is 0 Å². The van der Waals surface area contributed by atoms with Crippen LogP contribution in [0.25, 0.3) is 0 Å². The standard InChI is InChI=1S/C8H17N.ClH.H3N/c1-7-5-3-4-6-8(7,2)9;;/h7H,3-6,9H2,1-2H3;1H;1H3. The molecule has 1 saturated carbocycles. The highest BCUT2D eigenvalue weighted by atomic mass is 35.5. The van der Waals surface area contributed by atoms with Gasteiger partial charge in [-0.15, -0.1) is 12.4 Å². The van der Waals surface area contributed by atoms with Gasteiger partial charge in [-0.05, 0) is 25.7 Å². The third kappa shape index (κ3) is 3.41. The summed E-state index contributed by atoms with van der Waals surface area (Å²) in [6.45, 7) is 4.44. The van der Waals surface area contributed by atoms with Crippen molar-refractivity contribution in [3.63, 3.8) is 0 Å². The predicted octanol–water partition coefficient (Wildman–Crippen LogP) is 2.50. The lowest BCUT2D eigenvalue weighted by atomic mass is 9.76. The molecule has 0 aromatic heterocycles. The van der Waals surface area contributed by atoms with Crippen LogP contribution in [-0.2, 0) is 0 Å². The Hall–Kier alpha value is 0.210. The van der Waals surface area contributed by atoms with Crippen LogP contribution in [0.15, 0.2) is 0 Å². The van der Waals surface area contributed by atoms with E-state index in [0.717, 1.165) is 5.92 Å². The SMILES string of the molecule is CC1CCCCC1(C)N.Cl.N. The van der Waals surface area contributed by atoms with E-state index in [1.165, 1.54) is 25.7 Å². The van der Waals surface area contributed by atoms with Crippen molar-refractivity contribution in [2.75, 3.05) is 0 Å². The van der Waals surface area contributed by atoms with E-state index in [-0.39, 0.29) is 24.1 Å². The molecule has 0 spiro atoms. The molecule has 1 aliphatic rings. The van der Waals surface area contributed by atoms with Crippen LogP contribution in [0.1, 0.15) is 39.5 Å². The van der Waals surface area contributed by atoms with Gasteiger partial charge in [0, 0.05) is 5.54 Å². The first-order valence-electron chi connectivity index (χ1n) is 3.92. The molecule has 0 radical (unpaired) electrons. The van der Waals surface area contributed by atoms with E-state index < -0.39 is 0 Å². The molecule has 70 valence electrons. The topological polar surface area (TPSA) is 61.0 Å². The highest BCUT2D eigenvalue weighted by Gasteiger charge is 2.28. The lowest BCUT2D eigenvalue weighted by Gasteiger charge is -2.35. The molecule has 0 aliphatic heterocycles. The van der Waals surface area contributed by atoms with Crippen LogP contribution in [-0.4, -0.2) is 5.54 Å². The fourth-order valence-electron chi connectivity index (χ4n) is 1.53. The van der Waals surface area contributed by atoms with Crippen molar-refractivity contribution in [2.24, 2.45) is 11.7 Å². The molecule has 0 bridgehead atoms. The zero-order chi connectivity index (χ0) is 6.91. The zero-order valence-electron chi connectivity index (χ0n) is 7.60. The van der Waals surface area contributed by atoms with E-state index in [1.807, 2.05) is 0 Å². The third-order valence-corrected chi connectivity index (χ3v) is 2.73. The summed E-state index contributed by atoms with van der Waals surface area (Å²) < 4.78 is 0. The van der Waals surface area contributed by atoms with Crippen LogP contribution >= 0.6 is 12.4 Å². The number of rotatable bonds is 0. The second-order valence-corrected chi connectivity index (χ2v) is 3.65. The van der Waals surface area contributed by atoms with E-state index in [2.05, 4.69) is 13.8 Å². The molecular formula is C8H21ClN2. The van der Waals surface area contributed by atoms with Gasteiger partial charge in [0.15, 0.2) is 0 Å². The summed E-state index contributed by atoms with van der Waals surface area (Å²) in [7, 11) is 0. The molecule has 11 heavy (non-hydrogen) atoms. The van der Waals surface area contributed by atoms with E-state index in [1.54, 1.807) is 0 Å². The fourth-order valence-corrected chi connectivity index (χ4v) is 1.53. The Balaban J connectivity index is 0. The van der Waals surface area contributed by atoms with Crippen LogP contribution in [0.2, 0.25) is 0 Å². The van der Waals surface area contributed by atoms with Crippen molar-refractivity contribution in [2.45, 2.75) is 45.1 Å². The Bertz CT molecular complexity index is 104. The molecule has 1 rings (SSSR count). The van der Waals surface area contributed by atoms with Crippen LogP contribution in [0.5, 0.6) is 0 Å². The van der Waals surface area contributed by atoms with Crippen molar-refractivity contribution >= 4 is 12.4 Å². The maximum absolute atomic E-state index is 6.02. The summed E-state index contributed by atoms with van der Waals surface area (Å²) in [5.74, 6) is 0.728. The van der Waals surface area contributed by atoms with Crippen molar-refractivity contribution in [3.05, 3.63) is 0 Å². The molecule has 1 fully saturated rings. The Morgan fingerprint density at radius 3 is 2.18 bits per heavy atom. The van der Waals surface area contributed by atoms with E-state index in [9.17, 15) is 0 Å². The van der Waals surface area contributed by atoms with Crippen molar-refractivity contribution in [3.8, 4) is 0 Å². The summed E-state index contributed by atoms with van der Waals surface area (Å²) in [6.07, 6.45) is 5.26. The predicted molar refractivity (Wildman–Crippen MR) is 52.5 cm³/mol. The zero-order valence-corrected chi connectivity index (χ0v) is 8.41. The fraction of sp³-hybridized carbons (Fsp3) is 1.00. The summed E-state index contributed by atoms with van der Waals surface area (Å²) in [5.41, 5.74) is 6.16. The number of hydrogen-bond acceptors (Lipinski definition) is 2. The second-order valence-electron chi connectivity index (χ2n) is 3.65. The summed E-state index contributed by atoms with van der Waals surface area (Å²) in [5, 5.41) is 0. The Morgan fingerprint density at radius 1 is 1.36 bits per heavy atom. The van der Waals surface area contributed by atoms with Crippen molar-refractivity contribution in [1.82, 2.24) is 6.15 Å². The first-order chi connectivity index (χ1) is 4.13. The molecule has 2 nitrogen and oxygen atoms in total. The number of hydrogen-bond donors (Lipinski definition) is 2. The van der Waals surface area contributed by atoms with Crippen LogP contribution < -0.4 is 11.9 Å². The number of halogens is 1. The largest absolute Gasteiger partial charge is 0.344 e. The monoisotopic (exact) mass is 180 g/mol. The Kier molecular flexibility index (Phi) is 6.22. The van der Waals surface area contributed by atoms with Crippen LogP contribution in [0.4, 0.5) is 0 Å². The molecule has 0 heterocycles. The van der Waals surface area contributed by atoms with Gasteiger partial charge in [-0.25, -0.2) is 0 Å². The average Bonchev–Trinajstić information content (AvgIpc) is 1.77. The molecule has 2 unspecified atom stereocenters. The quantitative estimate of drug-likeness (QED) is 0.602. The Morgan fingerprint density at radius 2 is 1.91 bits per heavy atom. The Labute approximate surface area is 75.9 Å². The molecule has 0 amide bonds. The van der Waals surface area contributed by atoms with Gasteiger partial charge < -0.3 is 11.9 Å². The first-order valence-corrected chi connectivity index (χ1v) is 3.92. The maximum Gasteiger partial charge on any atom is 0.0151 e. The molecule has 2 atom stereocenters. The smallest absolute Gasteiger partial charge is 0.0151 e. The molecular weight excluding hydrogens is 160 g/mol. The molecule has 0 saturated heterocycles. The second kappa shape index (κ2) is 4.96. The minimum atomic E-state index is 0. The minimum absolute atomic E-state index is 0. The van der Waals surface area contributed by atoms with Gasteiger partial charge in [0.1, 0.15) is 0 Å². The van der Waals surface area contributed by atoms with E-state index in [4.69, 9.17) is 5.73 Å². The van der Waals surface area contributed by atoms with Crippen LogP contribution in [0, 0.1) is 5.92 Å².